The summed E-state index contributed by atoms with van der Waals surface area (Å²) >= 11 is 0. The standard InChI is InChI=1S/C45H64N2/c1-33(2)46(9)29-27-43(40-20-14-11-15-21-40)45-31-36(7)23-26-41(45)22-16-17-38-25-24-37(8)44(32-38)42(39-18-12-10-13-19-39)28-30-47(34(3)4)35(5)6/h11-12,14-15,18-21,23-26,31-35,42-43H,10,13,16-17,22,27-30H2,1-9H3. The van der Waals surface area contributed by atoms with E-state index in [0.29, 0.717) is 30.0 Å². The molecule has 0 aromatic heterocycles. The molecule has 3 aromatic carbocycles. The summed E-state index contributed by atoms with van der Waals surface area (Å²) in [5.74, 6) is 0.859. The van der Waals surface area contributed by atoms with Crippen molar-refractivity contribution in [1.82, 2.24) is 9.80 Å². The molecule has 2 nitrogen and oxygen atoms in total. The first-order valence-corrected chi connectivity index (χ1v) is 18.6. The van der Waals surface area contributed by atoms with Gasteiger partial charge in [0.05, 0.1) is 0 Å². The number of rotatable bonds is 17. The van der Waals surface area contributed by atoms with Crippen LogP contribution < -0.4 is 0 Å². The first-order chi connectivity index (χ1) is 22.5. The van der Waals surface area contributed by atoms with E-state index in [1.807, 2.05) is 0 Å². The molecular weight excluding hydrogens is 569 g/mol. The lowest BCUT2D eigenvalue weighted by Gasteiger charge is -2.33. The molecule has 0 heterocycles. The maximum absolute atomic E-state index is 2.65. The lowest BCUT2D eigenvalue weighted by atomic mass is 9.82. The van der Waals surface area contributed by atoms with Crippen LogP contribution in [0.4, 0.5) is 0 Å². The Balaban J connectivity index is 1.55. The van der Waals surface area contributed by atoms with Crippen molar-refractivity contribution in [2.45, 2.75) is 130 Å². The van der Waals surface area contributed by atoms with E-state index < -0.39 is 0 Å². The molecule has 4 rings (SSSR count). The highest BCUT2D eigenvalue weighted by Gasteiger charge is 2.23. The van der Waals surface area contributed by atoms with E-state index in [4.69, 9.17) is 0 Å². The lowest BCUT2D eigenvalue weighted by molar-refractivity contribution is 0.170. The molecular formula is C45H64N2. The Hall–Kier alpha value is -2.94. The number of hydrogen-bond acceptors (Lipinski definition) is 2. The summed E-state index contributed by atoms with van der Waals surface area (Å²) < 4.78 is 0. The molecule has 2 unspecified atom stereocenters. The monoisotopic (exact) mass is 633 g/mol. The van der Waals surface area contributed by atoms with Crippen molar-refractivity contribution in [2.75, 3.05) is 20.1 Å². The summed E-state index contributed by atoms with van der Waals surface area (Å²) in [6.45, 7) is 20.7. The van der Waals surface area contributed by atoms with Gasteiger partial charge in [-0.3, -0.25) is 4.90 Å². The Morgan fingerprint density at radius 3 is 2.06 bits per heavy atom. The molecule has 47 heavy (non-hydrogen) atoms. The highest BCUT2D eigenvalue weighted by atomic mass is 15.2. The molecule has 2 atom stereocenters. The predicted octanol–water partition coefficient (Wildman–Crippen LogP) is 11.2. The van der Waals surface area contributed by atoms with Crippen molar-refractivity contribution in [2.24, 2.45) is 0 Å². The number of nitrogens with zero attached hydrogens (tertiary/aromatic N) is 2. The van der Waals surface area contributed by atoms with Crippen molar-refractivity contribution in [1.29, 1.82) is 0 Å². The zero-order valence-corrected chi connectivity index (χ0v) is 31.2. The number of allylic oxidation sites excluding steroid dienone is 4. The van der Waals surface area contributed by atoms with Crippen LogP contribution in [0.25, 0.3) is 0 Å². The molecule has 0 fully saturated rings. The van der Waals surface area contributed by atoms with Gasteiger partial charge in [-0.25, -0.2) is 0 Å². The Morgan fingerprint density at radius 1 is 0.681 bits per heavy atom. The van der Waals surface area contributed by atoms with Crippen LogP contribution in [0.5, 0.6) is 0 Å². The second-order valence-corrected chi connectivity index (χ2v) is 15.0. The Morgan fingerprint density at radius 2 is 1.40 bits per heavy atom. The van der Waals surface area contributed by atoms with Crippen LogP contribution in [0.15, 0.2) is 90.5 Å². The van der Waals surface area contributed by atoms with Crippen LogP contribution in [0.1, 0.15) is 124 Å². The average Bonchev–Trinajstić information content (AvgIpc) is 3.05. The lowest BCUT2D eigenvalue weighted by Crippen LogP contribution is -2.38. The number of benzene rings is 3. The predicted molar refractivity (Wildman–Crippen MR) is 206 cm³/mol. The number of aryl methyl sites for hydroxylation is 4. The molecule has 0 bridgehead atoms. The van der Waals surface area contributed by atoms with Crippen LogP contribution in [0.3, 0.4) is 0 Å². The maximum Gasteiger partial charge on any atom is 0.0104 e. The summed E-state index contributed by atoms with van der Waals surface area (Å²) in [6, 6.07) is 27.4. The summed E-state index contributed by atoms with van der Waals surface area (Å²) in [4.78, 5) is 5.14. The van der Waals surface area contributed by atoms with Crippen molar-refractivity contribution in [3.8, 4) is 0 Å². The maximum atomic E-state index is 2.65. The zero-order valence-electron chi connectivity index (χ0n) is 31.2. The molecule has 0 N–H and O–H groups in total. The van der Waals surface area contributed by atoms with Gasteiger partial charge in [-0.05, 0) is 159 Å². The second-order valence-electron chi connectivity index (χ2n) is 15.0. The van der Waals surface area contributed by atoms with Gasteiger partial charge in [0.15, 0.2) is 0 Å². The van der Waals surface area contributed by atoms with E-state index in [9.17, 15) is 0 Å². The van der Waals surface area contributed by atoms with Crippen molar-refractivity contribution < 1.29 is 0 Å². The SMILES string of the molecule is Cc1ccc(CCCc2ccc(C)c(C(CCN(C(C)C)C(C)C)C3=CCCC=C3)c2)c(C(CCN(C)C(C)C)c2ccccc2)c1. The third-order valence-corrected chi connectivity index (χ3v) is 10.6. The molecule has 1 aliphatic carbocycles. The van der Waals surface area contributed by atoms with Crippen LogP contribution in [0, 0.1) is 13.8 Å². The van der Waals surface area contributed by atoms with Crippen molar-refractivity contribution in [3.05, 3.63) is 129 Å². The Bertz CT molecular complexity index is 1440. The second kappa shape index (κ2) is 18.0. The zero-order chi connectivity index (χ0) is 33.9. The molecule has 1 aliphatic rings. The third kappa shape index (κ3) is 10.5. The normalized spacial score (nSPS) is 14.9. The fourth-order valence-electron chi connectivity index (χ4n) is 7.53. The molecule has 3 aromatic rings. The molecule has 2 heteroatoms. The topological polar surface area (TPSA) is 6.48 Å². The van der Waals surface area contributed by atoms with E-state index >= 15 is 0 Å². The fraction of sp³-hybridized carbons (Fsp3) is 0.511. The minimum atomic E-state index is 0.409. The minimum Gasteiger partial charge on any atom is -0.304 e. The van der Waals surface area contributed by atoms with Gasteiger partial charge in [-0.2, -0.15) is 0 Å². The van der Waals surface area contributed by atoms with E-state index in [2.05, 4.69) is 157 Å². The molecule has 254 valence electrons. The first-order valence-electron chi connectivity index (χ1n) is 18.6. The Kier molecular flexibility index (Phi) is 14.1. The van der Waals surface area contributed by atoms with Crippen LogP contribution in [0.2, 0.25) is 0 Å². The molecule has 0 radical (unpaired) electrons. The summed E-state index contributed by atoms with van der Waals surface area (Å²) in [7, 11) is 2.26. The van der Waals surface area contributed by atoms with Gasteiger partial charge in [0.25, 0.3) is 0 Å². The highest BCUT2D eigenvalue weighted by Crippen LogP contribution is 2.36. The molecule has 0 amide bonds. The van der Waals surface area contributed by atoms with Gasteiger partial charge >= 0.3 is 0 Å². The average molecular weight is 633 g/mol. The van der Waals surface area contributed by atoms with Gasteiger partial charge in [0, 0.05) is 30.0 Å². The molecule has 0 saturated heterocycles. The highest BCUT2D eigenvalue weighted by molar-refractivity contribution is 5.43. The van der Waals surface area contributed by atoms with E-state index in [1.54, 1.807) is 0 Å². The fourth-order valence-corrected chi connectivity index (χ4v) is 7.53. The smallest absolute Gasteiger partial charge is 0.0104 e. The number of hydrogen-bond donors (Lipinski definition) is 0. The van der Waals surface area contributed by atoms with Gasteiger partial charge in [0.1, 0.15) is 0 Å². The summed E-state index contributed by atoms with van der Waals surface area (Å²) in [6.07, 6.45) is 15.3. The van der Waals surface area contributed by atoms with Crippen LogP contribution >= 0.6 is 0 Å². The first kappa shape index (κ1) is 36.9. The van der Waals surface area contributed by atoms with Gasteiger partial charge in [-0.15, -0.1) is 0 Å². The van der Waals surface area contributed by atoms with Crippen LogP contribution in [-0.4, -0.2) is 48.1 Å². The third-order valence-electron chi connectivity index (χ3n) is 10.6. The summed E-state index contributed by atoms with van der Waals surface area (Å²) in [5.41, 5.74) is 11.8. The quantitative estimate of drug-likeness (QED) is 0.146. The minimum absolute atomic E-state index is 0.409. The molecule has 0 saturated carbocycles. The Labute approximate surface area is 289 Å². The van der Waals surface area contributed by atoms with E-state index in [0.717, 1.165) is 51.6 Å². The van der Waals surface area contributed by atoms with Crippen LogP contribution in [-0.2, 0) is 12.8 Å². The molecule has 0 spiro atoms. The summed E-state index contributed by atoms with van der Waals surface area (Å²) in [5, 5.41) is 0. The van der Waals surface area contributed by atoms with Gasteiger partial charge in [0.2, 0.25) is 0 Å². The van der Waals surface area contributed by atoms with E-state index in [1.165, 1.54) is 50.9 Å². The van der Waals surface area contributed by atoms with Crippen molar-refractivity contribution in [3.63, 3.8) is 0 Å². The largest absolute Gasteiger partial charge is 0.304 e. The van der Waals surface area contributed by atoms with E-state index in [-0.39, 0.29) is 0 Å². The van der Waals surface area contributed by atoms with Crippen molar-refractivity contribution >= 4 is 0 Å². The van der Waals surface area contributed by atoms with Gasteiger partial charge < -0.3 is 4.90 Å². The molecule has 0 aliphatic heterocycles. The van der Waals surface area contributed by atoms with Gasteiger partial charge in [-0.1, -0.05) is 90.5 Å².